The maximum absolute atomic E-state index is 11.9. The summed E-state index contributed by atoms with van der Waals surface area (Å²) in [7, 11) is -3.35. The lowest BCUT2D eigenvalue weighted by molar-refractivity contribution is 0.556. The lowest BCUT2D eigenvalue weighted by Crippen LogP contribution is -2.29. The molecule has 108 valence electrons. The molecule has 0 fully saturated rings. The average Bonchev–Trinajstić information content (AvgIpc) is 2.73. The first kappa shape index (κ1) is 14.7. The predicted molar refractivity (Wildman–Crippen MR) is 79.8 cm³/mol. The second kappa shape index (κ2) is 4.67. The van der Waals surface area contributed by atoms with Crippen molar-refractivity contribution in [3.8, 4) is 10.7 Å². The highest BCUT2D eigenvalue weighted by molar-refractivity contribution is 7.91. The number of nitrogen functional groups attached to an aromatic ring is 2. The number of sulfone groups is 1. The van der Waals surface area contributed by atoms with Crippen LogP contribution >= 0.6 is 11.3 Å². The average molecular weight is 313 g/mol. The van der Waals surface area contributed by atoms with Crippen LogP contribution in [0.1, 0.15) is 19.5 Å². The minimum atomic E-state index is -3.35. The van der Waals surface area contributed by atoms with E-state index in [4.69, 9.17) is 11.5 Å². The molecule has 2 heterocycles. The van der Waals surface area contributed by atoms with Crippen molar-refractivity contribution in [2.24, 2.45) is 0 Å². The van der Waals surface area contributed by atoms with Crippen molar-refractivity contribution in [2.45, 2.75) is 18.6 Å². The molecule has 0 bridgehead atoms. The topological polar surface area (TPSA) is 125 Å². The molecule has 2 rings (SSSR count). The van der Waals surface area contributed by atoms with Crippen LogP contribution in [0.2, 0.25) is 0 Å². The first-order valence-electron chi connectivity index (χ1n) is 5.67. The van der Waals surface area contributed by atoms with Crippen molar-refractivity contribution < 1.29 is 8.42 Å². The summed E-state index contributed by atoms with van der Waals surface area (Å²) in [5.41, 5.74) is 11.7. The van der Waals surface area contributed by atoms with E-state index in [-0.39, 0.29) is 5.82 Å². The molecule has 2 aromatic heterocycles. The largest absolute Gasteiger partial charge is 0.384 e. The Balaban J connectivity index is 2.61. The molecule has 0 amide bonds. The van der Waals surface area contributed by atoms with Crippen LogP contribution in [-0.2, 0) is 14.6 Å². The van der Waals surface area contributed by atoms with Gasteiger partial charge in [0.15, 0.2) is 20.8 Å². The Morgan fingerprint density at radius 2 is 1.90 bits per heavy atom. The van der Waals surface area contributed by atoms with Gasteiger partial charge < -0.3 is 11.5 Å². The highest BCUT2D eigenvalue weighted by Crippen LogP contribution is 2.31. The maximum Gasteiger partial charge on any atom is 0.180 e. The predicted octanol–water partition coefficient (Wildman–Crippen LogP) is 1.04. The first-order chi connectivity index (χ1) is 9.11. The van der Waals surface area contributed by atoms with Gasteiger partial charge in [-0.15, -0.1) is 0 Å². The van der Waals surface area contributed by atoms with Gasteiger partial charge in [-0.2, -0.15) is 0 Å². The fourth-order valence-corrected chi connectivity index (χ4v) is 2.57. The number of nitrogens with zero attached hydrogens (tertiary/aromatic N) is 3. The van der Waals surface area contributed by atoms with Gasteiger partial charge in [-0.1, -0.05) is 11.3 Å². The zero-order valence-corrected chi connectivity index (χ0v) is 12.9. The molecule has 0 aliphatic heterocycles. The van der Waals surface area contributed by atoms with Crippen LogP contribution in [-0.4, -0.2) is 29.6 Å². The van der Waals surface area contributed by atoms with E-state index in [0.29, 0.717) is 21.5 Å². The summed E-state index contributed by atoms with van der Waals surface area (Å²) >= 11 is 1.21. The van der Waals surface area contributed by atoms with Gasteiger partial charge in [0.05, 0.1) is 16.8 Å². The van der Waals surface area contributed by atoms with Crippen LogP contribution in [0.15, 0.2) is 12.3 Å². The molecule has 0 spiro atoms. The Hall–Kier alpha value is -1.74. The second-order valence-electron chi connectivity index (χ2n) is 4.85. The quantitative estimate of drug-likeness (QED) is 0.867. The van der Waals surface area contributed by atoms with E-state index < -0.39 is 14.6 Å². The van der Waals surface area contributed by atoms with Crippen LogP contribution < -0.4 is 11.5 Å². The normalized spacial score (nSPS) is 12.6. The molecule has 7 nitrogen and oxygen atoms in total. The minimum Gasteiger partial charge on any atom is -0.384 e. The van der Waals surface area contributed by atoms with Crippen molar-refractivity contribution in [1.82, 2.24) is 15.0 Å². The number of nitrogens with two attached hydrogens (primary N) is 2. The summed E-state index contributed by atoms with van der Waals surface area (Å²) in [5.74, 6) is 0.527. The Kier molecular flexibility index (Phi) is 3.42. The SMILES string of the molecule is CC(C)(c1cc(N)nc(-c2cnc(N)s2)n1)S(C)(=O)=O. The van der Waals surface area contributed by atoms with Crippen LogP contribution in [0.5, 0.6) is 0 Å². The number of hydrogen-bond acceptors (Lipinski definition) is 8. The van der Waals surface area contributed by atoms with Crippen molar-refractivity contribution >= 4 is 32.1 Å². The molecular weight excluding hydrogens is 298 g/mol. The van der Waals surface area contributed by atoms with Gasteiger partial charge in [0.2, 0.25) is 0 Å². The molecule has 0 aliphatic rings. The summed E-state index contributed by atoms with van der Waals surface area (Å²) in [5, 5.41) is 0.384. The van der Waals surface area contributed by atoms with Gasteiger partial charge >= 0.3 is 0 Å². The fraction of sp³-hybridized carbons (Fsp3) is 0.364. The molecule has 9 heteroatoms. The second-order valence-corrected chi connectivity index (χ2v) is 8.47. The molecule has 2 aromatic rings. The summed E-state index contributed by atoms with van der Waals surface area (Å²) in [6.45, 7) is 3.16. The van der Waals surface area contributed by atoms with Gasteiger partial charge in [0, 0.05) is 12.3 Å². The van der Waals surface area contributed by atoms with Crippen molar-refractivity contribution in [2.75, 3.05) is 17.7 Å². The Morgan fingerprint density at radius 3 is 2.40 bits per heavy atom. The monoisotopic (exact) mass is 313 g/mol. The van der Waals surface area contributed by atoms with Gasteiger partial charge in [0.25, 0.3) is 0 Å². The molecule has 0 atom stereocenters. The zero-order chi connectivity index (χ0) is 15.1. The van der Waals surface area contributed by atoms with Gasteiger partial charge in [-0.25, -0.2) is 23.4 Å². The molecule has 0 saturated carbocycles. The molecule has 0 saturated heterocycles. The highest BCUT2D eigenvalue weighted by atomic mass is 32.2. The van der Waals surface area contributed by atoms with E-state index in [2.05, 4.69) is 15.0 Å². The molecule has 0 aromatic carbocycles. The molecule has 0 radical (unpaired) electrons. The highest BCUT2D eigenvalue weighted by Gasteiger charge is 2.34. The molecule has 0 aliphatic carbocycles. The molecule has 4 N–H and O–H groups in total. The lowest BCUT2D eigenvalue weighted by Gasteiger charge is -2.22. The fourth-order valence-electron chi connectivity index (χ4n) is 1.47. The van der Waals surface area contributed by atoms with Crippen molar-refractivity contribution in [3.63, 3.8) is 0 Å². The van der Waals surface area contributed by atoms with E-state index in [1.54, 1.807) is 13.8 Å². The third kappa shape index (κ3) is 2.59. The number of anilines is 2. The summed E-state index contributed by atoms with van der Waals surface area (Å²) in [6, 6.07) is 1.47. The summed E-state index contributed by atoms with van der Waals surface area (Å²) < 4.78 is 22.6. The van der Waals surface area contributed by atoms with E-state index in [1.807, 2.05) is 0 Å². The van der Waals surface area contributed by atoms with Gasteiger partial charge in [0.1, 0.15) is 10.6 Å². The smallest absolute Gasteiger partial charge is 0.180 e. The molecular formula is C11H15N5O2S2. The van der Waals surface area contributed by atoms with E-state index in [9.17, 15) is 8.42 Å². The van der Waals surface area contributed by atoms with Gasteiger partial charge in [-0.05, 0) is 13.8 Å². The number of aromatic nitrogens is 3. The Morgan fingerprint density at radius 1 is 1.25 bits per heavy atom. The lowest BCUT2D eigenvalue weighted by atomic mass is 10.1. The third-order valence-electron chi connectivity index (χ3n) is 3.03. The van der Waals surface area contributed by atoms with Crippen molar-refractivity contribution in [1.29, 1.82) is 0 Å². The minimum absolute atomic E-state index is 0.202. The van der Waals surface area contributed by atoms with Crippen LogP contribution in [0.25, 0.3) is 10.7 Å². The number of hydrogen-bond donors (Lipinski definition) is 2. The third-order valence-corrected chi connectivity index (χ3v) is 5.92. The standard InChI is InChI=1S/C11H15N5O2S2/c1-11(2,20(3,17)18)7-4-8(12)16-9(15-7)6-5-14-10(13)19-6/h4-5H,1-3H3,(H2,13,14)(H2,12,15,16). The summed E-state index contributed by atoms with van der Waals surface area (Å²) in [6.07, 6.45) is 2.70. The Labute approximate surface area is 121 Å². The van der Waals surface area contributed by atoms with E-state index >= 15 is 0 Å². The zero-order valence-electron chi connectivity index (χ0n) is 11.3. The number of rotatable bonds is 3. The summed E-state index contributed by atoms with van der Waals surface area (Å²) in [4.78, 5) is 13.0. The van der Waals surface area contributed by atoms with Crippen LogP contribution in [0, 0.1) is 0 Å². The van der Waals surface area contributed by atoms with Crippen molar-refractivity contribution in [3.05, 3.63) is 18.0 Å². The van der Waals surface area contributed by atoms with Crippen LogP contribution in [0.3, 0.4) is 0 Å². The number of thiazole rings is 1. The Bertz CT molecular complexity index is 752. The first-order valence-corrected chi connectivity index (χ1v) is 8.38. The van der Waals surface area contributed by atoms with Crippen LogP contribution in [0.4, 0.5) is 10.9 Å². The molecule has 0 unspecified atom stereocenters. The van der Waals surface area contributed by atoms with E-state index in [1.165, 1.54) is 23.6 Å². The maximum atomic E-state index is 11.9. The van der Waals surface area contributed by atoms with E-state index in [0.717, 1.165) is 6.26 Å². The van der Waals surface area contributed by atoms with Gasteiger partial charge in [-0.3, -0.25) is 0 Å². The molecule has 20 heavy (non-hydrogen) atoms.